The third-order valence-electron chi connectivity index (χ3n) is 4.15. The van der Waals surface area contributed by atoms with Gasteiger partial charge in [-0.1, -0.05) is 30.3 Å². The second-order valence-electron chi connectivity index (χ2n) is 6.15. The number of carbonyl (C=O) groups is 1. The standard InChI is InChI=1S/C21H22N4O3/c1-25(14-15-7-5-4-6-8-15)21(26)17-10-12-20(24-23-17)22-16-9-11-18(27-2)19(13-16)28-3/h4-13H,14H2,1-3H3,(H,22,24). The maximum Gasteiger partial charge on any atom is 0.274 e. The lowest BCUT2D eigenvalue weighted by molar-refractivity contribution is 0.0778. The maximum absolute atomic E-state index is 12.5. The lowest BCUT2D eigenvalue weighted by Crippen LogP contribution is -2.27. The Morgan fingerprint density at radius 3 is 2.36 bits per heavy atom. The molecule has 0 saturated carbocycles. The zero-order valence-corrected chi connectivity index (χ0v) is 16.0. The van der Waals surface area contributed by atoms with Crippen LogP contribution in [0.5, 0.6) is 11.5 Å². The molecule has 0 fully saturated rings. The van der Waals surface area contributed by atoms with E-state index in [1.807, 2.05) is 36.4 Å². The largest absolute Gasteiger partial charge is 0.493 e. The number of rotatable bonds is 7. The maximum atomic E-state index is 12.5. The number of amides is 1. The Hall–Kier alpha value is -3.61. The first-order valence-electron chi connectivity index (χ1n) is 8.73. The first kappa shape index (κ1) is 19.2. The second kappa shape index (κ2) is 8.85. The lowest BCUT2D eigenvalue weighted by atomic mass is 10.2. The number of aromatic nitrogens is 2. The van der Waals surface area contributed by atoms with Crippen molar-refractivity contribution in [2.75, 3.05) is 26.6 Å². The summed E-state index contributed by atoms with van der Waals surface area (Å²) in [4.78, 5) is 14.2. The van der Waals surface area contributed by atoms with Gasteiger partial charge in [0.1, 0.15) is 0 Å². The summed E-state index contributed by atoms with van der Waals surface area (Å²) in [5, 5.41) is 11.3. The molecule has 0 saturated heterocycles. The van der Waals surface area contributed by atoms with E-state index in [9.17, 15) is 4.79 Å². The topological polar surface area (TPSA) is 76.6 Å². The van der Waals surface area contributed by atoms with Crippen LogP contribution >= 0.6 is 0 Å². The van der Waals surface area contributed by atoms with Crippen molar-refractivity contribution >= 4 is 17.4 Å². The highest BCUT2D eigenvalue weighted by Gasteiger charge is 2.14. The summed E-state index contributed by atoms with van der Waals surface area (Å²) in [6.45, 7) is 0.507. The predicted molar refractivity (Wildman–Crippen MR) is 107 cm³/mol. The van der Waals surface area contributed by atoms with Crippen molar-refractivity contribution < 1.29 is 14.3 Å². The molecule has 0 aliphatic rings. The number of methoxy groups -OCH3 is 2. The summed E-state index contributed by atoms with van der Waals surface area (Å²) in [6.07, 6.45) is 0. The van der Waals surface area contributed by atoms with Gasteiger partial charge in [-0.2, -0.15) is 0 Å². The van der Waals surface area contributed by atoms with Gasteiger partial charge in [0.2, 0.25) is 0 Å². The molecule has 3 rings (SSSR count). The number of carbonyl (C=O) groups excluding carboxylic acids is 1. The molecule has 0 spiro atoms. The summed E-state index contributed by atoms with van der Waals surface area (Å²) >= 11 is 0. The number of ether oxygens (including phenoxy) is 2. The van der Waals surface area contributed by atoms with E-state index in [4.69, 9.17) is 9.47 Å². The molecule has 0 aliphatic carbocycles. The minimum absolute atomic E-state index is 0.186. The SMILES string of the molecule is COc1ccc(Nc2ccc(C(=O)N(C)Cc3ccccc3)nn2)cc1OC. The van der Waals surface area contributed by atoms with Gasteiger partial charge in [0.25, 0.3) is 5.91 Å². The minimum Gasteiger partial charge on any atom is -0.493 e. The van der Waals surface area contributed by atoms with E-state index in [1.165, 1.54) is 0 Å². The van der Waals surface area contributed by atoms with Crippen LogP contribution in [0.4, 0.5) is 11.5 Å². The molecule has 28 heavy (non-hydrogen) atoms. The van der Waals surface area contributed by atoms with E-state index < -0.39 is 0 Å². The summed E-state index contributed by atoms with van der Waals surface area (Å²) in [5.74, 6) is 1.58. The molecule has 144 valence electrons. The zero-order valence-electron chi connectivity index (χ0n) is 16.0. The Morgan fingerprint density at radius 2 is 1.71 bits per heavy atom. The van der Waals surface area contributed by atoms with Gasteiger partial charge in [-0.15, -0.1) is 10.2 Å². The van der Waals surface area contributed by atoms with Gasteiger partial charge in [0.15, 0.2) is 23.0 Å². The van der Waals surface area contributed by atoms with Crippen LogP contribution < -0.4 is 14.8 Å². The summed E-state index contributed by atoms with van der Waals surface area (Å²) in [5.41, 5.74) is 2.11. The molecule has 0 bridgehead atoms. The monoisotopic (exact) mass is 378 g/mol. The first-order chi connectivity index (χ1) is 13.6. The van der Waals surface area contributed by atoms with E-state index >= 15 is 0 Å². The van der Waals surface area contributed by atoms with Crippen LogP contribution in [0.15, 0.2) is 60.7 Å². The molecular weight excluding hydrogens is 356 g/mol. The van der Waals surface area contributed by atoms with Crippen LogP contribution in [-0.4, -0.2) is 42.3 Å². The van der Waals surface area contributed by atoms with Crippen molar-refractivity contribution in [2.45, 2.75) is 6.54 Å². The molecule has 0 aliphatic heterocycles. The van der Waals surface area contributed by atoms with Gasteiger partial charge < -0.3 is 19.7 Å². The smallest absolute Gasteiger partial charge is 0.274 e. The number of hydrogen-bond donors (Lipinski definition) is 1. The Morgan fingerprint density at radius 1 is 0.964 bits per heavy atom. The van der Waals surface area contributed by atoms with Crippen molar-refractivity contribution in [3.8, 4) is 11.5 Å². The summed E-state index contributed by atoms with van der Waals surface area (Å²) in [7, 11) is 4.90. The predicted octanol–water partition coefficient (Wildman–Crippen LogP) is 3.51. The Kier molecular flexibility index (Phi) is 6.06. The van der Waals surface area contributed by atoms with Gasteiger partial charge >= 0.3 is 0 Å². The fourth-order valence-corrected chi connectivity index (χ4v) is 2.70. The van der Waals surface area contributed by atoms with Crippen LogP contribution in [0.2, 0.25) is 0 Å². The van der Waals surface area contributed by atoms with E-state index in [-0.39, 0.29) is 11.6 Å². The molecule has 1 aromatic heterocycles. The number of nitrogens with one attached hydrogen (secondary N) is 1. The fraction of sp³-hybridized carbons (Fsp3) is 0.190. The van der Waals surface area contributed by atoms with Crippen LogP contribution in [0.3, 0.4) is 0 Å². The van der Waals surface area contributed by atoms with Crippen molar-refractivity contribution in [1.82, 2.24) is 15.1 Å². The van der Waals surface area contributed by atoms with Gasteiger partial charge in [-0.25, -0.2) is 0 Å². The molecule has 7 heteroatoms. The quantitative estimate of drug-likeness (QED) is 0.678. The number of nitrogens with zero attached hydrogens (tertiary/aromatic N) is 3. The highest BCUT2D eigenvalue weighted by atomic mass is 16.5. The van der Waals surface area contributed by atoms with Crippen molar-refractivity contribution in [2.24, 2.45) is 0 Å². The Balaban J connectivity index is 1.67. The van der Waals surface area contributed by atoms with E-state index in [0.29, 0.717) is 23.9 Å². The summed E-state index contributed by atoms with van der Waals surface area (Å²) < 4.78 is 10.5. The molecule has 0 radical (unpaired) electrons. The third kappa shape index (κ3) is 4.56. The van der Waals surface area contributed by atoms with Gasteiger partial charge in [0, 0.05) is 25.3 Å². The molecule has 0 atom stereocenters. The average Bonchev–Trinajstić information content (AvgIpc) is 2.74. The van der Waals surface area contributed by atoms with E-state index in [2.05, 4.69) is 15.5 Å². The van der Waals surface area contributed by atoms with Crippen molar-refractivity contribution in [3.63, 3.8) is 0 Å². The summed E-state index contributed by atoms with van der Waals surface area (Å²) in [6, 6.07) is 18.6. The van der Waals surface area contributed by atoms with Gasteiger partial charge in [0.05, 0.1) is 14.2 Å². The number of hydrogen-bond acceptors (Lipinski definition) is 6. The zero-order chi connectivity index (χ0) is 19.9. The molecule has 1 heterocycles. The normalized spacial score (nSPS) is 10.2. The minimum atomic E-state index is -0.186. The van der Waals surface area contributed by atoms with E-state index in [1.54, 1.807) is 50.4 Å². The van der Waals surface area contributed by atoms with Crippen molar-refractivity contribution in [1.29, 1.82) is 0 Å². The average molecular weight is 378 g/mol. The first-order valence-corrected chi connectivity index (χ1v) is 8.73. The number of anilines is 2. The lowest BCUT2D eigenvalue weighted by Gasteiger charge is -2.16. The second-order valence-corrected chi connectivity index (χ2v) is 6.15. The molecule has 7 nitrogen and oxygen atoms in total. The molecule has 2 aromatic carbocycles. The van der Waals surface area contributed by atoms with Crippen LogP contribution in [0.1, 0.15) is 16.1 Å². The Labute approximate surface area is 163 Å². The fourth-order valence-electron chi connectivity index (χ4n) is 2.70. The van der Waals surface area contributed by atoms with E-state index in [0.717, 1.165) is 11.3 Å². The van der Waals surface area contributed by atoms with Crippen LogP contribution in [-0.2, 0) is 6.54 Å². The van der Waals surface area contributed by atoms with Crippen LogP contribution in [0, 0.1) is 0 Å². The van der Waals surface area contributed by atoms with Gasteiger partial charge in [-0.05, 0) is 29.8 Å². The van der Waals surface area contributed by atoms with Gasteiger partial charge in [-0.3, -0.25) is 4.79 Å². The molecular formula is C21H22N4O3. The van der Waals surface area contributed by atoms with Crippen LogP contribution in [0.25, 0.3) is 0 Å². The highest BCUT2D eigenvalue weighted by Crippen LogP contribution is 2.30. The van der Waals surface area contributed by atoms with Crippen molar-refractivity contribution in [3.05, 3.63) is 71.9 Å². The third-order valence-corrected chi connectivity index (χ3v) is 4.15. The molecule has 1 N–H and O–H groups in total. The number of benzene rings is 2. The molecule has 3 aromatic rings. The molecule has 1 amide bonds. The molecule has 0 unspecified atom stereocenters. The Bertz CT molecular complexity index is 930. The highest BCUT2D eigenvalue weighted by molar-refractivity contribution is 5.92.